The van der Waals surface area contributed by atoms with Gasteiger partial charge >= 0.3 is 0 Å². The lowest BCUT2D eigenvalue weighted by Gasteiger charge is -2.53. The predicted octanol–water partition coefficient (Wildman–Crippen LogP) is 4.00. The van der Waals surface area contributed by atoms with Crippen LogP contribution in [0.2, 0.25) is 0 Å². The molecule has 5 rings (SSSR count). The van der Waals surface area contributed by atoms with Crippen molar-refractivity contribution in [2.75, 3.05) is 19.8 Å². The van der Waals surface area contributed by atoms with E-state index in [2.05, 4.69) is 40.5 Å². The standard InChI is InChI=1S/C25H28FN3O/c26-15-23(19-7-2-1-3-8-19)27-29-21(17-30)11-10-20-16-28-13-12-18-6-4-5-9-22(18)25(28)14-24(20)29/h1-9,20,23-25,27H,10-16H2/t20-,23+,24+,25+/m1/s1. The van der Waals surface area contributed by atoms with Crippen molar-refractivity contribution in [3.8, 4) is 0 Å². The molecule has 156 valence electrons. The number of hydrazine groups is 1. The Balaban J connectivity index is 1.44. The molecular weight excluding hydrogens is 377 g/mol. The van der Waals surface area contributed by atoms with E-state index in [4.69, 9.17) is 0 Å². The summed E-state index contributed by atoms with van der Waals surface area (Å²) in [6.45, 7) is 1.59. The summed E-state index contributed by atoms with van der Waals surface area (Å²) in [5.41, 5.74) is 7.75. The Hall–Kier alpha value is -2.46. The zero-order chi connectivity index (χ0) is 20.5. The fourth-order valence-corrected chi connectivity index (χ4v) is 5.61. The topological polar surface area (TPSA) is 35.6 Å². The van der Waals surface area contributed by atoms with Gasteiger partial charge in [-0.1, -0.05) is 54.6 Å². The second-order valence-corrected chi connectivity index (χ2v) is 8.73. The van der Waals surface area contributed by atoms with E-state index in [-0.39, 0.29) is 6.04 Å². The van der Waals surface area contributed by atoms with Gasteiger partial charge in [-0.15, -0.1) is 0 Å². The number of hydrogen-bond acceptors (Lipinski definition) is 4. The molecule has 0 spiro atoms. The molecular formula is C25H28FN3O. The number of rotatable bonds is 4. The molecule has 0 saturated carbocycles. The molecule has 1 N–H and O–H groups in total. The van der Waals surface area contributed by atoms with E-state index in [9.17, 15) is 9.18 Å². The number of fused-ring (bicyclic) bond motifs is 4. The molecule has 2 saturated heterocycles. The van der Waals surface area contributed by atoms with Crippen molar-refractivity contribution in [1.82, 2.24) is 15.3 Å². The van der Waals surface area contributed by atoms with Crippen LogP contribution in [-0.2, 0) is 11.2 Å². The van der Waals surface area contributed by atoms with E-state index in [1.54, 1.807) is 0 Å². The average molecular weight is 406 g/mol. The van der Waals surface area contributed by atoms with E-state index in [1.165, 1.54) is 11.1 Å². The minimum Gasteiger partial charge on any atom is -0.298 e. The van der Waals surface area contributed by atoms with Gasteiger partial charge in [0.15, 0.2) is 0 Å². The van der Waals surface area contributed by atoms with Gasteiger partial charge in [-0.05, 0) is 48.3 Å². The highest BCUT2D eigenvalue weighted by Gasteiger charge is 2.44. The number of nitrogens with one attached hydrogen (secondary N) is 1. The molecule has 5 heteroatoms. The van der Waals surface area contributed by atoms with Crippen molar-refractivity contribution < 1.29 is 9.18 Å². The zero-order valence-electron chi connectivity index (χ0n) is 17.1. The lowest BCUT2D eigenvalue weighted by Crippen LogP contribution is -2.59. The molecule has 4 atom stereocenters. The highest BCUT2D eigenvalue weighted by molar-refractivity contribution is 5.52. The van der Waals surface area contributed by atoms with Gasteiger partial charge < -0.3 is 0 Å². The third-order valence-electron chi connectivity index (χ3n) is 7.14. The zero-order valence-corrected chi connectivity index (χ0v) is 17.1. The lowest BCUT2D eigenvalue weighted by atomic mass is 9.76. The first-order chi connectivity index (χ1) is 14.8. The molecule has 0 amide bonds. The Morgan fingerprint density at radius 3 is 2.70 bits per heavy atom. The van der Waals surface area contributed by atoms with Crippen LogP contribution < -0.4 is 5.43 Å². The highest BCUT2D eigenvalue weighted by Crippen LogP contribution is 2.44. The number of benzene rings is 2. The highest BCUT2D eigenvalue weighted by atomic mass is 19.1. The van der Waals surface area contributed by atoms with E-state index in [0.29, 0.717) is 24.1 Å². The van der Waals surface area contributed by atoms with E-state index in [0.717, 1.165) is 37.9 Å². The molecule has 0 aliphatic carbocycles. The molecule has 3 aliphatic rings. The first-order valence-electron chi connectivity index (χ1n) is 11.0. The molecule has 3 heterocycles. The van der Waals surface area contributed by atoms with Crippen molar-refractivity contribution in [1.29, 1.82) is 0 Å². The molecule has 2 aromatic rings. The number of allylic oxidation sites excluding steroid dienone is 1. The Morgan fingerprint density at radius 1 is 1.10 bits per heavy atom. The van der Waals surface area contributed by atoms with Crippen LogP contribution in [0.3, 0.4) is 0 Å². The summed E-state index contributed by atoms with van der Waals surface area (Å²) < 4.78 is 14.0. The minimum absolute atomic E-state index is 0.167. The normalized spacial score (nSPS) is 26.9. The molecule has 2 fully saturated rings. The first-order valence-corrected chi connectivity index (χ1v) is 11.0. The van der Waals surface area contributed by atoms with Crippen molar-refractivity contribution in [3.63, 3.8) is 0 Å². The van der Waals surface area contributed by atoms with Crippen LogP contribution >= 0.6 is 0 Å². The average Bonchev–Trinajstić information content (AvgIpc) is 2.81. The smallest absolute Gasteiger partial charge is 0.147 e. The van der Waals surface area contributed by atoms with Crippen LogP contribution in [0.4, 0.5) is 4.39 Å². The first kappa shape index (κ1) is 19.5. The number of nitrogens with zero attached hydrogens (tertiary/aromatic N) is 2. The van der Waals surface area contributed by atoms with Gasteiger partial charge in [-0.2, -0.15) is 0 Å². The fraction of sp³-hybridized carbons (Fsp3) is 0.440. The third kappa shape index (κ3) is 3.47. The maximum atomic E-state index is 14.0. The second-order valence-electron chi connectivity index (χ2n) is 8.73. The quantitative estimate of drug-likeness (QED) is 0.780. The van der Waals surface area contributed by atoms with Crippen LogP contribution in [0.25, 0.3) is 0 Å². The van der Waals surface area contributed by atoms with Crippen molar-refractivity contribution in [2.45, 2.75) is 43.8 Å². The molecule has 4 nitrogen and oxygen atoms in total. The SMILES string of the molecule is O=C=C1CC[C@@H]2CN3CCc4ccccc4[C@@H]3C[C@@H]2N1N[C@@H](CF)c1ccccc1. The molecule has 0 aromatic heterocycles. The van der Waals surface area contributed by atoms with Gasteiger partial charge in [-0.3, -0.25) is 9.91 Å². The number of hydrogen-bond donors (Lipinski definition) is 1. The molecule has 0 bridgehead atoms. The molecule has 3 aliphatic heterocycles. The number of alkyl halides is 1. The van der Waals surface area contributed by atoms with E-state index in [1.807, 2.05) is 35.3 Å². The summed E-state index contributed by atoms with van der Waals surface area (Å²) in [6, 6.07) is 18.4. The Kier molecular flexibility index (Phi) is 5.43. The molecule has 0 unspecified atom stereocenters. The van der Waals surface area contributed by atoms with Gasteiger partial charge in [0.1, 0.15) is 18.3 Å². The Bertz CT molecular complexity index is 942. The predicted molar refractivity (Wildman–Crippen MR) is 115 cm³/mol. The van der Waals surface area contributed by atoms with Gasteiger partial charge in [0.2, 0.25) is 0 Å². The van der Waals surface area contributed by atoms with Crippen LogP contribution in [0.1, 0.15) is 48.0 Å². The maximum Gasteiger partial charge on any atom is 0.147 e. The summed E-state index contributed by atoms with van der Waals surface area (Å²) in [6.07, 6.45) is 3.72. The minimum atomic E-state index is -0.525. The number of carbonyl (C=O) groups excluding carboxylic acids is 1. The largest absolute Gasteiger partial charge is 0.298 e. The summed E-state index contributed by atoms with van der Waals surface area (Å²) in [7, 11) is 0. The van der Waals surface area contributed by atoms with Crippen molar-refractivity contribution in [3.05, 3.63) is 77.0 Å². The summed E-state index contributed by atoms with van der Waals surface area (Å²) in [5, 5.41) is 1.98. The van der Waals surface area contributed by atoms with E-state index >= 15 is 0 Å². The fourth-order valence-electron chi connectivity index (χ4n) is 5.61. The summed E-state index contributed by atoms with van der Waals surface area (Å²) >= 11 is 0. The second kappa shape index (κ2) is 8.35. The monoisotopic (exact) mass is 405 g/mol. The lowest BCUT2D eigenvalue weighted by molar-refractivity contribution is -0.0214. The van der Waals surface area contributed by atoms with Crippen molar-refractivity contribution >= 4 is 5.94 Å². The number of piperidine rings is 2. The summed E-state index contributed by atoms with van der Waals surface area (Å²) in [5.74, 6) is 2.62. The summed E-state index contributed by atoms with van der Waals surface area (Å²) in [4.78, 5) is 14.4. The number of halogens is 1. The third-order valence-corrected chi connectivity index (χ3v) is 7.14. The molecule has 2 aromatic carbocycles. The van der Waals surface area contributed by atoms with Crippen LogP contribution in [0, 0.1) is 5.92 Å². The van der Waals surface area contributed by atoms with Gasteiger partial charge in [-0.25, -0.2) is 14.6 Å². The Labute approximate surface area is 177 Å². The van der Waals surface area contributed by atoms with Crippen LogP contribution in [0.5, 0.6) is 0 Å². The van der Waals surface area contributed by atoms with Crippen LogP contribution in [0.15, 0.2) is 60.3 Å². The van der Waals surface area contributed by atoms with Crippen molar-refractivity contribution in [2.24, 2.45) is 5.92 Å². The molecule has 0 radical (unpaired) electrons. The van der Waals surface area contributed by atoms with Gasteiger partial charge in [0.25, 0.3) is 0 Å². The Morgan fingerprint density at radius 2 is 1.90 bits per heavy atom. The molecule has 30 heavy (non-hydrogen) atoms. The van der Waals surface area contributed by atoms with Gasteiger partial charge in [0.05, 0.1) is 12.1 Å². The van der Waals surface area contributed by atoms with Gasteiger partial charge in [0, 0.05) is 19.1 Å². The maximum absolute atomic E-state index is 14.0. The van der Waals surface area contributed by atoms with Crippen LogP contribution in [-0.4, -0.2) is 41.7 Å². The van der Waals surface area contributed by atoms with E-state index < -0.39 is 12.7 Å².